The number of benzene rings is 1. The smallest absolute Gasteiger partial charge is 0.326 e. The van der Waals surface area contributed by atoms with Gasteiger partial charge in [-0.2, -0.15) is 11.8 Å². The number of phenolic OH excluding ortho intramolecular Hbond substituents is 1. The Labute approximate surface area is 206 Å². The van der Waals surface area contributed by atoms with Crippen LogP contribution in [0.4, 0.5) is 0 Å². The van der Waals surface area contributed by atoms with Gasteiger partial charge in [0.05, 0.1) is 13.0 Å². The molecule has 4 unspecified atom stereocenters. The minimum Gasteiger partial charge on any atom is -0.508 e. The van der Waals surface area contributed by atoms with Crippen molar-refractivity contribution in [3.8, 4) is 5.75 Å². The maximum Gasteiger partial charge on any atom is 0.326 e. The predicted octanol–water partition coefficient (Wildman–Crippen LogP) is -2.58. The largest absolute Gasteiger partial charge is 0.508 e. The summed E-state index contributed by atoms with van der Waals surface area (Å²) in [7, 11) is 0. The van der Waals surface area contributed by atoms with Crippen LogP contribution in [0.3, 0.4) is 0 Å². The van der Waals surface area contributed by atoms with Crippen molar-refractivity contribution >= 4 is 41.4 Å². The van der Waals surface area contributed by atoms with Crippen molar-refractivity contribution in [3.63, 3.8) is 0 Å². The van der Waals surface area contributed by atoms with Gasteiger partial charge in [0, 0.05) is 6.42 Å². The van der Waals surface area contributed by atoms with Gasteiger partial charge < -0.3 is 42.7 Å². The number of carbonyl (C=O) groups is 5. The first-order chi connectivity index (χ1) is 16.5. The van der Waals surface area contributed by atoms with E-state index in [1.54, 1.807) is 6.26 Å². The zero-order valence-electron chi connectivity index (χ0n) is 19.1. The number of aromatic hydroxyl groups is 1. The van der Waals surface area contributed by atoms with Crippen LogP contribution >= 0.6 is 11.8 Å². The van der Waals surface area contributed by atoms with Crippen LogP contribution in [0.25, 0.3) is 0 Å². The number of carbonyl (C=O) groups excluding carboxylic acids is 4. The van der Waals surface area contributed by atoms with Gasteiger partial charge in [0.15, 0.2) is 0 Å². The summed E-state index contributed by atoms with van der Waals surface area (Å²) in [4.78, 5) is 60.7. The van der Waals surface area contributed by atoms with E-state index in [0.29, 0.717) is 11.3 Å². The van der Waals surface area contributed by atoms with E-state index in [1.807, 2.05) is 0 Å². The van der Waals surface area contributed by atoms with Crippen molar-refractivity contribution < 1.29 is 39.3 Å². The summed E-state index contributed by atoms with van der Waals surface area (Å²) < 4.78 is 0. The zero-order valence-corrected chi connectivity index (χ0v) is 19.9. The molecular weight excluding hydrogens is 482 g/mol. The molecule has 194 valence electrons. The van der Waals surface area contributed by atoms with Gasteiger partial charge in [0.1, 0.15) is 29.9 Å². The molecular formula is C21H31N5O8S. The maximum atomic E-state index is 13.0. The Morgan fingerprint density at radius 3 is 2.00 bits per heavy atom. The Balaban J connectivity index is 3.14. The Bertz CT molecular complexity index is 898. The van der Waals surface area contributed by atoms with Gasteiger partial charge in [-0.25, -0.2) is 4.79 Å². The van der Waals surface area contributed by atoms with Crippen molar-refractivity contribution in [2.24, 2.45) is 11.5 Å². The van der Waals surface area contributed by atoms with Crippen molar-refractivity contribution in [3.05, 3.63) is 29.8 Å². The average molecular weight is 514 g/mol. The molecule has 0 saturated heterocycles. The second-order valence-corrected chi connectivity index (χ2v) is 8.62. The quantitative estimate of drug-likeness (QED) is 0.122. The summed E-state index contributed by atoms with van der Waals surface area (Å²) in [6.07, 6.45) is 1.22. The van der Waals surface area contributed by atoms with Crippen LogP contribution in [-0.2, 0) is 30.4 Å². The Morgan fingerprint density at radius 2 is 1.49 bits per heavy atom. The summed E-state index contributed by atoms with van der Waals surface area (Å²) in [5, 5.41) is 35.0. The van der Waals surface area contributed by atoms with Crippen LogP contribution in [0, 0.1) is 0 Å². The fourth-order valence-corrected chi connectivity index (χ4v) is 3.36. The number of nitrogens with one attached hydrogen (secondary N) is 3. The molecule has 1 aromatic rings. The first-order valence-electron chi connectivity index (χ1n) is 10.5. The number of aliphatic hydroxyl groups is 1. The molecule has 0 spiro atoms. The number of phenols is 1. The molecule has 13 nitrogen and oxygen atoms in total. The van der Waals surface area contributed by atoms with E-state index in [-0.39, 0.29) is 18.6 Å². The van der Waals surface area contributed by atoms with E-state index >= 15 is 0 Å². The normalized spacial score (nSPS) is 14.1. The average Bonchev–Trinajstić information content (AvgIpc) is 2.80. The van der Waals surface area contributed by atoms with E-state index in [4.69, 9.17) is 16.6 Å². The molecule has 0 aliphatic carbocycles. The molecule has 0 bridgehead atoms. The number of aliphatic carboxylic acids is 1. The number of amides is 4. The van der Waals surface area contributed by atoms with E-state index in [0.717, 1.165) is 0 Å². The summed E-state index contributed by atoms with van der Waals surface area (Å²) in [5.41, 5.74) is 11.1. The van der Waals surface area contributed by atoms with E-state index in [9.17, 15) is 34.2 Å². The van der Waals surface area contributed by atoms with Crippen molar-refractivity contribution in [2.45, 2.75) is 43.4 Å². The van der Waals surface area contributed by atoms with E-state index in [1.165, 1.54) is 36.0 Å². The van der Waals surface area contributed by atoms with Crippen molar-refractivity contribution in [2.75, 3.05) is 18.6 Å². The molecule has 10 N–H and O–H groups in total. The lowest BCUT2D eigenvalue weighted by Gasteiger charge is -2.25. The van der Waals surface area contributed by atoms with Crippen LogP contribution < -0.4 is 27.4 Å². The lowest BCUT2D eigenvalue weighted by Crippen LogP contribution is -2.58. The van der Waals surface area contributed by atoms with Gasteiger partial charge in [-0.15, -0.1) is 0 Å². The molecule has 0 aliphatic rings. The molecule has 0 aliphatic heterocycles. The first kappa shape index (κ1) is 29.7. The second kappa shape index (κ2) is 14.8. The molecule has 4 amide bonds. The number of primary amides is 1. The van der Waals surface area contributed by atoms with Crippen LogP contribution in [0.15, 0.2) is 24.3 Å². The molecule has 0 heterocycles. The molecule has 0 aromatic heterocycles. The monoisotopic (exact) mass is 513 g/mol. The fraction of sp³-hybridized carbons (Fsp3) is 0.476. The lowest BCUT2D eigenvalue weighted by molar-refractivity contribution is -0.143. The molecule has 4 atom stereocenters. The van der Waals surface area contributed by atoms with Crippen LogP contribution in [0.5, 0.6) is 5.75 Å². The van der Waals surface area contributed by atoms with Gasteiger partial charge in [-0.3, -0.25) is 19.2 Å². The number of carboxylic acid groups (broad SMARTS) is 1. The van der Waals surface area contributed by atoms with Crippen molar-refractivity contribution in [1.82, 2.24) is 16.0 Å². The van der Waals surface area contributed by atoms with Crippen LogP contribution in [0.1, 0.15) is 18.4 Å². The van der Waals surface area contributed by atoms with Gasteiger partial charge in [0.25, 0.3) is 0 Å². The van der Waals surface area contributed by atoms with Gasteiger partial charge in [-0.05, 0) is 36.1 Å². The third kappa shape index (κ3) is 10.6. The number of nitrogens with two attached hydrogens (primary N) is 2. The van der Waals surface area contributed by atoms with E-state index in [2.05, 4.69) is 16.0 Å². The van der Waals surface area contributed by atoms with Crippen LogP contribution in [-0.4, -0.2) is 87.7 Å². The summed E-state index contributed by atoms with van der Waals surface area (Å²) in [6, 6.07) is 0.494. The maximum absolute atomic E-state index is 13.0. The summed E-state index contributed by atoms with van der Waals surface area (Å²) in [5.74, 6) is -4.39. The summed E-state index contributed by atoms with van der Waals surface area (Å²) >= 11 is 1.41. The first-order valence-corrected chi connectivity index (χ1v) is 11.9. The number of aliphatic hydroxyl groups excluding tert-OH is 1. The number of thioether (sulfide) groups is 1. The molecule has 1 aromatic carbocycles. The minimum atomic E-state index is -1.62. The SMILES string of the molecule is CSCCC(NC(=O)C(N)CO)C(=O)NC(Cc1ccc(O)cc1)C(=O)NC(CC(N)=O)C(=O)O. The predicted molar refractivity (Wildman–Crippen MR) is 127 cm³/mol. The highest BCUT2D eigenvalue weighted by molar-refractivity contribution is 7.98. The minimum absolute atomic E-state index is 0.0220. The Hall–Kier alpha value is -3.36. The molecule has 0 saturated carbocycles. The Morgan fingerprint density at radius 1 is 0.943 bits per heavy atom. The van der Waals surface area contributed by atoms with Crippen LogP contribution in [0.2, 0.25) is 0 Å². The third-order valence-corrected chi connectivity index (χ3v) is 5.45. The van der Waals surface area contributed by atoms with Gasteiger partial charge in [0.2, 0.25) is 23.6 Å². The molecule has 0 radical (unpaired) electrons. The molecule has 1 rings (SSSR count). The summed E-state index contributed by atoms with van der Waals surface area (Å²) in [6.45, 7) is -0.634. The highest BCUT2D eigenvalue weighted by Gasteiger charge is 2.31. The molecule has 35 heavy (non-hydrogen) atoms. The third-order valence-electron chi connectivity index (χ3n) is 4.81. The number of carboxylic acids is 1. The number of hydrogen-bond acceptors (Lipinski definition) is 9. The standard InChI is InChI=1S/C21H31N5O8S/c1-35-7-6-14(24-18(30)13(22)10-27)19(31)25-15(8-11-2-4-12(28)5-3-11)20(32)26-16(21(33)34)9-17(23)29/h2-5,13-16,27-28H,6-10,22H2,1H3,(H2,23,29)(H,24,30)(H,25,31)(H,26,32)(H,33,34). The lowest BCUT2D eigenvalue weighted by atomic mass is 10.0. The van der Waals surface area contributed by atoms with Crippen molar-refractivity contribution in [1.29, 1.82) is 0 Å². The number of rotatable bonds is 15. The second-order valence-electron chi connectivity index (χ2n) is 7.63. The topological polar surface area (TPSA) is 234 Å². The van der Waals surface area contributed by atoms with Gasteiger partial charge >= 0.3 is 5.97 Å². The van der Waals surface area contributed by atoms with E-state index < -0.39 is 66.8 Å². The van der Waals surface area contributed by atoms with Gasteiger partial charge in [-0.1, -0.05) is 12.1 Å². The number of hydrogen-bond donors (Lipinski definition) is 8. The molecule has 0 fully saturated rings. The highest BCUT2D eigenvalue weighted by Crippen LogP contribution is 2.12. The molecule has 14 heteroatoms. The fourth-order valence-electron chi connectivity index (χ4n) is 2.89. The Kier molecular flexibility index (Phi) is 12.6. The highest BCUT2D eigenvalue weighted by atomic mass is 32.2. The zero-order chi connectivity index (χ0) is 26.5.